The van der Waals surface area contributed by atoms with Crippen LogP contribution in [0, 0.1) is 0 Å². The van der Waals surface area contributed by atoms with Crippen LogP contribution in [0.25, 0.3) is 0 Å². The fourth-order valence-corrected chi connectivity index (χ4v) is 2.35. The van der Waals surface area contributed by atoms with E-state index in [0.29, 0.717) is 22.3 Å². The first-order valence-electron chi connectivity index (χ1n) is 5.30. The largest absolute Gasteiger partial charge is 0.409 e. The summed E-state index contributed by atoms with van der Waals surface area (Å²) in [5.41, 5.74) is 5.66. The fraction of sp³-hybridized carbons (Fsp3) is 0.222. The highest BCUT2D eigenvalue weighted by molar-refractivity contribution is 7.99. The summed E-state index contributed by atoms with van der Waals surface area (Å²) in [6, 6.07) is 1.56. The molecule has 10 heteroatoms. The Bertz CT molecular complexity index is 663. The summed E-state index contributed by atoms with van der Waals surface area (Å²) in [6.07, 6.45) is 1.43. The topological polar surface area (TPSA) is 135 Å². The van der Waals surface area contributed by atoms with Gasteiger partial charge in [0.15, 0.2) is 11.0 Å². The van der Waals surface area contributed by atoms with Crippen molar-refractivity contribution in [2.24, 2.45) is 10.9 Å². The van der Waals surface area contributed by atoms with Gasteiger partial charge in [0, 0.05) is 6.54 Å². The van der Waals surface area contributed by atoms with Crippen molar-refractivity contribution in [2.75, 3.05) is 0 Å². The number of hydrogen-bond acceptors (Lipinski definition) is 7. The van der Waals surface area contributed by atoms with Crippen LogP contribution in [0.15, 0.2) is 32.4 Å². The van der Waals surface area contributed by atoms with Gasteiger partial charge in [0.25, 0.3) is 0 Å². The molecule has 100 valence electrons. The van der Waals surface area contributed by atoms with Gasteiger partial charge in [0.2, 0.25) is 0 Å². The van der Waals surface area contributed by atoms with Gasteiger partial charge in [0.1, 0.15) is 5.03 Å². The second-order valence-electron chi connectivity index (χ2n) is 3.39. The molecule has 0 amide bonds. The fourth-order valence-electron chi connectivity index (χ4n) is 1.39. The van der Waals surface area contributed by atoms with Crippen LogP contribution in [-0.4, -0.2) is 36.0 Å². The van der Waals surface area contributed by atoms with Gasteiger partial charge in [0.05, 0.1) is 11.8 Å². The number of H-pyrrole nitrogens is 1. The van der Waals surface area contributed by atoms with Gasteiger partial charge in [-0.25, -0.2) is 9.89 Å². The number of hydrogen-bond donors (Lipinski definition) is 3. The minimum atomic E-state index is -0.306. The highest BCUT2D eigenvalue weighted by Gasteiger charge is 2.15. The predicted octanol–water partition coefficient (Wildman–Crippen LogP) is -0.373. The van der Waals surface area contributed by atoms with Gasteiger partial charge < -0.3 is 10.9 Å². The predicted molar refractivity (Wildman–Crippen MR) is 67.2 cm³/mol. The lowest BCUT2D eigenvalue weighted by Gasteiger charge is -2.05. The zero-order chi connectivity index (χ0) is 13.8. The van der Waals surface area contributed by atoms with Crippen molar-refractivity contribution in [3.8, 4) is 0 Å². The number of aromatic amines is 1. The average molecular weight is 281 g/mol. The summed E-state index contributed by atoms with van der Waals surface area (Å²) in [5, 5.41) is 26.3. The Morgan fingerprint density at radius 3 is 3.16 bits per heavy atom. The number of rotatable bonds is 4. The van der Waals surface area contributed by atoms with Crippen molar-refractivity contribution in [3.63, 3.8) is 0 Å². The van der Waals surface area contributed by atoms with E-state index < -0.39 is 0 Å². The number of nitrogens with two attached hydrogens (primary N) is 1. The highest BCUT2D eigenvalue weighted by Crippen LogP contribution is 2.25. The van der Waals surface area contributed by atoms with Gasteiger partial charge in [-0.1, -0.05) is 5.16 Å². The standard InChI is InChI=1S/C9H11N7O2S/c1-2-16-8(17)13-14-9(16)19-7-5(6(10)15-18)3-4-11-12-7/h3-4,18H,2H2,1H3,(H2,10,15)(H,13,17). The summed E-state index contributed by atoms with van der Waals surface area (Å²) in [7, 11) is 0. The number of nitrogens with one attached hydrogen (secondary N) is 1. The highest BCUT2D eigenvalue weighted by atomic mass is 32.2. The third-order valence-corrected chi connectivity index (χ3v) is 3.29. The molecule has 0 unspecified atom stereocenters. The Labute approximate surface area is 111 Å². The molecule has 0 bridgehead atoms. The quantitative estimate of drug-likeness (QED) is 0.301. The van der Waals surface area contributed by atoms with Gasteiger partial charge in [-0.15, -0.1) is 10.2 Å². The second-order valence-corrected chi connectivity index (χ2v) is 4.35. The van der Waals surface area contributed by atoms with E-state index in [9.17, 15) is 4.79 Å². The van der Waals surface area contributed by atoms with Crippen LogP contribution in [0.2, 0.25) is 0 Å². The Morgan fingerprint density at radius 2 is 2.47 bits per heavy atom. The molecule has 0 radical (unpaired) electrons. The first-order chi connectivity index (χ1) is 9.17. The van der Waals surface area contributed by atoms with Crippen molar-refractivity contribution >= 4 is 17.6 Å². The van der Waals surface area contributed by atoms with Crippen LogP contribution in [-0.2, 0) is 6.54 Å². The molecule has 0 aromatic carbocycles. The summed E-state index contributed by atoms with van der Waals surface area (Å²) in [6.45, 7) is 2.29. The van der Waals surface area contributed by atoms with Crippen molar-refractivity contribution < 1.29 is 5.21 Å². The molecule has 0 saturated heterocycles. The number of oxime groups is 1. The Kier molecular flexibility index (Phi) is 3.80. The first kappa shape index (κ1) is 13.1. The van der Waals surface area contributed by atoms with Crippen molar-refractivity contribution in [1.82, 2.24) is 25.0 Å². The van der Waals surface area contributed by atoms with Crippen molar-refractivity contribution in [3.05, 3.63) is 28.3 Å². The molecule has 2 heterocycles. The Balaban J connectivity index is 2.41. The van der Waals surface area contributed by atoms with Crippen LogP contribution in [0.1, 0.15) is 12.5 Å². The molecule has 0 spiro atoms. The number of amidine groups is 1. The minimum Gasteiger partial charge on any atom is -0.409 e. The van der Waals surface area contributed by atoms with Crippen molar-refractivity contribution in [1.29, 1.82) is 0 Å². The number of aromatic nitrogens is 5. The molecule has 0 aliphatic rings. The van der Waals surface area contributed by atoms with E-state index in [1.165, 1.54) is 10.8 Å². The summed E-state index contributed by atoms with van der Waals surface area (Å²) in [5.74, 6) is -0.0849. The second kappa shape index (κ2) is 5.52. The first-order valence-corrected chi connectivity index (χ1v) is 6.11. The molecule has 9 nitrogen and oxygen atoms in total. The zero-order valence-electron chi connectivity index (χ0n) is 9.94. The van der Waals surface area contributed by atoms with E-state index in [4.69, 9.17) is 10.9 Å². The zero-order valence-corrected chi connectivity index (χ0v) is 10.8. The molecule has 2 aromatic heterocycles. The molecular weight excluding hydrogens is 270 g/mol. The van der Waals surface area contributed by atoms with E-state index in [0.717, 1.165) is 11.8 Å². The maximum Gasteiger partial charge on any atom is 0.343 e. The lowest BCUT2D eigenvalue weighted by atomic mass is 10.3. The Hall–Kier alpha value is -2.36. The maximum absolute atomic E-state index is 11.4. The summed E-state index contributed by atoms with van der Waals surface area (Å²) >= 11 is 1.10. The number of nitrogens with zero attached hydrogens (tertiary/aromatic N) is 5. The molecular formula is C9H11N7O2S. The normalized spacial score (nSPS) is 11.7. The molecule has 0 aliphatic heterocycles. The maximum atomic E-state index is 11.4. The van der Waals surface area contributed by atoms with Crippen LogP contribution in [0.4, 0.5) is 0 Å². The van der Waals surface area contributed by atoms with E-state index in [2.05, 4.69) is 25.6 Å². The third-order valence-electron chi connectivity index (χ3n) is 2.30. The molecule has 0 aliphatic carbocycles. The summed E-state index contributed by atoms with van der Waals surface area (Å²) in [4.78, 5) is 11.4. The van der Waals surface area contributed by atoms with E-state index in [1.54, 1.807) is 6.07 Å². The van der Waals surface area contributed by atoms with E-state index in [1.807, 2.05) is 6.92 Å². The molecule has 0 atom stereocenters. The van der Waals surface area contributed by atoms with Crippen LogP contribution >= 0.6 is 11.8 Å². The van der Waals surface area contributed by atoms with Gasteiger partial charge >= 0.3 is 5.69 Å². The lowest BCUT2D eigenvalue weighted by molar-refractivity contribution is 0.318. The monoisotopic (exact) mass is 281 g/mol. The molecule has 2 rings (SSSR count). The SMILES string of the molecule is CCn1c(Sc2nnccc2/C(N)=N/O)n[nH]c1=O. The van der Waals surface area contributed by atoms with Gasteiger partial charge in [-0.05, 0) is 24.8 Å². The van der Waals surface area contributed by atoms with Gasteiger partial charge in [-0.2, -0.15) is 5.10 Å². The summed E-state index contributed by atoms with van der Waals surface area (Å²) < 4.78 is 1.44. The van der Waals surface area contributed by atoms with Gasteiger partial charge in [-0.3, -0.25) is 4.57 Å². The average Bonchev–Trinajstić information content (AvgIpc) is 2.79. The molecule has 0 fully saturated rings. The molecule has 0 saturated carbocycles. The van der Waals surface area contributed by atoms with Crippen LogP contribution in [0.3, 0.4) is 0 Å². The smallest absolute Gasteiger partial charge is 0.343 e. The van der Waals surface area contributed by atoms with Crippen LogP contribution < -0.4 is 11.4 Å². The molecule has 19 heavy (non-hydrogen) atoms. The van der Waals surface area contributed by atoms with Crippen LogP contribution in [0.5, 0.6) is 0 Å². The van der Waals surface area contributed by atoms with E-state index in [-0.39, 0.29) is 11.5 Å². The molecule has 4 N–H and O–H groups in total. The van der Waals surface area contributed by atoms with Crippen molar-refractivity contribution in [2.45, 2.75) is 23.7 Å². The molecule has 2 aromatic rings. The van der Waals surface area contributed by atoms with E-state index >= 15 is 0 Å². The minimum absolute atomic E-state index is 0.0849. The third kappa shape index (κ3) is 2.57. The Morgan fingerprint density at radius 1 is 1.68 bits per heavy atom. The lowest BCUT2D eigenvalue weighted by Crippen LogP contribution is -2.17.